The van der Waals surface area contributed by atoms with Crippen LogP contribution in [0.25, 0.3) is 0 Å². The maximum absolute atomic E-state index is 11.3. The summed E-state index contributed by atoms with van der Waals surface area (Å²) in [6.45, 7) is 5.14. The molecule has 35 heavy (non-hydrogen) atoms. The Labute approximate surface area is 211 Å². The van der Waals surface area contributed by atoms with Crippen LogP contribution in [0.5, 0.6) is 11.6 Å². The Hall–Kier alpha value is -2.71. The number of ether oxygens (including phenoxy) is 3. The van der Waals surface area contributed by atoms with Crippen LogP contribution in [0.3, 0.4) is 0 Å². The van der Waals surface area contributed by atoms with Crippen LogP contribution in [0.2, 0.25) is 5.02 Å². The lowest BCUT2D eigenvalue weighted by Gasteiger charge is -2.39. The summed E-state index contributed by atoms with van der Waals surface area (Å²) < 4.78 is 17.2. The Bertz CT molecular complexity index is 1000. The molecule has 2 saturated heterocycles. The van der Waals surface area contributed by atoms with Crippen LogP contribution < -0.4 is 19.3 Å². The van der Waals surface area contributed by atoms with Crippen molar-refractivity contribution >= 4 is 28.9 Å². The normalized spacial score (nSPS) is 24.5. The zero-order valence-corrected chi connectivity index (χ0v) is 21.3. The Kier molecular flexibility index (Phi) is 8.23. The minimum Gasteiger partial charge on any atom is -0.490 e. The number of carboxylic acid groups (broad SMARTS) is 1. The first-order valence-electron chi connectivity index (χ1n) is 12.1. The molecule has 2 unspecified atom stereocenters. The Morgan fingerprint density at radius 3 is 2.69 bits per heavy atom. The maximum Gasteiger partial charge on any atom is 0.305 e. The molecular weight excluding hydrogens is 470 g/mol. The van der Waals surface area contributed by atoms with Crippen LogP contribution >= 0.6 is 11.6 Å². The third-order valence-electron chi connectivity index (χ3n) is 6.89. The molecule has 4 rings (SSSR count). The van der Waals surface area contributed by atoms with Crippen LogP contribution in [-0.2, 0) is 9.53 Å². The summed E-state index contributed by atoms with van der Waals surface area (Å²) in [5.74, 6) is 1.21. The number of hydrogen-bond donors (Lipinski definition) is 1. The van der Waals surface area contributed by atoms with Gasteiger partial charge in [0.05, 0.1) is 37.0 Å². The highest BCUT2D eigenvalue weighted by molar-refractivity contribution is 6.33. The number of carboxylic acids is 1. The third-order valence-corrected chi connectivity index (χ3v) is 7.19. The number of benzene rings is 1. The topological polar surface area (TPSA) is 84.4 Å². The molecule has 2 fully saturated rings. The lowest BCUT2D eigenvalue weighted by molar-refractivity contribution is -0.137. The first kappa shape index (κ1) is 25.4. The molecule has 0 radical (unpaired) electrons. The number of halogens is 1. The number of piperidine rings is 1. The average Bonchev–Trinajstić information content (AvgIpc) is 3.20. The second-order valence-electron chi connectivity index (χ2n) is 9.52. The summed E-state index contributed by atoms with van der Waals surface area (Å²) in [5, 5.41) is 9.87. The van der Waals surface area contributed by atoms with E-state index in [4.69, 9.17) is 25.8 Å². The third kappa shape index (κ3) is 6.11. The second-order valence-corrected chi connectivity index (χ2v) is 9.93. The van der Waals surface area contributed by atoms with Crippen molar-refractivity contribution in [3.05, 3.63) is 41.6 Å². The van der Waals surface area contributed by atoms with Crippen molar-refractivity contribution in [1.82, 2.24) is 4.98 Å². The number of pyridine rings is 1. The number of anilines is 2. The quantitative estimate of drug-likeness (QED) is 0.540. The van der Waals surface area contributed by atoms with Gasteiger partial charge in [-0.25, -0.2) is 4.98 Å². The van der Waals surface area contributed by atoms with Gasteiger partial charge in [-0.2, -0.15) is 0 Å². The van der Waals surface area contributed by atoms with E-state index in [0.717, 1.165) is 49.6 Å². The summed E-state index contributed by atoms with van der Waals surface area (Å²) in [7, 11) is 3.30. The molecule has 9 heteroatoms. The van der Waals surface area contributed by atoms with Crippen molar-refractivity contribution in [3.63, 3.8) is 0 Å². The molecule has 2 aromatic rings. The summed E-state index contributed by atoms with van der Waals surface area (Å²) in [4.78, 5) is 19.9. The molecule has 1 N–H and O–H groups in total. The van der Waals surface area contributed by atoms with Gasteiger partial charge in [-0.15, -0.1) is 0 Å². The van der Waals surface area contributed by atoms with Crippen LogP contribution in [0.4, 0.5) is 11.4 Å². The molecule has 2 aliphatic rings. The van der Waals surface area contributed by atoms with Crippen molar-refractivity contribution in [3.8, 4) is 11.6 Å². The summed E-state index contributed by atoms with van der Waals surface area (Å²) >= 11 is 6.43. The summed E-state index contributed by atoms with van der Waals surface area (Å²) in [6.07, 6.45) is 3.50. The van der Waals surface area contributed by atoms with E-state index in [1.807, 2.05) is 30.3 Å². The highest BCUT2D eigenvalue weighted by Crippen LogP contribution is 2.35. The van der Waals surface area contributed by atoms with Crippen molar-refractivity contribution in [1.29, 1.82) is 0 Å². The predicted octanol–water partition coefficient (Wildman–Crippen LogP) is 4.35. The van der Waals surface area contributed by atoms with Gasteiger partial charge in [0.25, 0.3) is 0 Å². The van der Waals surface area contributed by atoms with E-state index in [0.29, 0.717) is 23.4 Å². The first-order chi connectivity index (χ1) is 16.9. The lowest BCUT2D eigenvalue weighted by Crippen LogP contribution is -2.47. The van der Waals surface area contributed by atoms with Gasteiger partial charge < -0.3 is 29.1 Å². The van der Waals surface area contributed by atoms with E-state index in [1.165, 1.54) is 0 Å². The fourth-order valence-corrected chi connectivity index (χ4v) is 5.50. The smallest absolute Gasteiger partial charge is 0.305 e. The van der Waals surface area contributed by atoms with Crippen molar-refractivity contribution in [2.24, 2.45) is 11.8 Å². The van der Waals surface area contributed by atoms with Crippen LogP contribution in [0.15, 0.2) is 36.5 Å². The minimum absolute atomic E-state index is 0.00567. The molecule has 3 heterocycles. The van der Waals surface area contributed by atoms with Gasteiger partial charge in [0, 0.05) is 56.9 Å². The molecule has 190 valence electrons. The second kappa shape index (κ2) is 11.4. The van der Waals surface area contributed by atoms with Crippen LogP contribution in [-0.4, -0.2) is 68.7 Å². The highest BCUT2D eigenvalue weighted by atomic mass is 35.5. The lowest BCUT2D eigenvalue weighted by atomic mass is 9.94. The summed E-state index contributed by atoms with van der Waals surface area (Å²) in [5.41, 5.74) is 1.94. The number of aromatic nitrogens is 1. The fourth-order valence-electron chi connectivity index (χ4n) is 5.28. The molecule has 0 spiro atoms. The number of methoxy groups -OCH3 is 2. The van der Waals surface area contributed by atoms with Gasteiger partial charge in [-0.05, 0) is 36.6 Å². The largest absolute Gasteiger partial charge is 0.490 e. The van der Waals surface area contributed by atoms with E-state index in [-0.39, 0.29) is 24.5 Å². The zero-order valence-electron chi connectivity index (χ0n) is 20.5. The van der Waals surface area contributed by atoms with Crippen molar-refractivity contribution < 1.29 is 24.1 Å². The number of aliphatic carboxylic acids is 1. The monoisotopic (exact) mass is 503 g/mol. The maximum atomic E-state index is 11.3. The van der Waals surface area contributed by atoms with Gasteiger partial charge in [-0.1, -0.05) is 18.5 Å². The van der Waals surface area contributed by atoms with E-state index in [9.17, 15) is 9.90 Å². The predicted molar refractivity (Wildman–Crippen MR) is 136 cm³/mol. The van der Waals surface area contributed by atoms with E-state index in [1.54, 1.807) is 20.4 Å². The number of rotatable bonds is 9. The van der Waals surface area contributed by atoms with E-state index >= 15 is 0 Å². The SMILES string of the molecule is COCC1CN(c2cc(OC)ncc2Cl)CCC1Oc1ccc(N2C[C@H](C)C[C@@H]2CC(=O)O)cc1. The minimum atomic E-state index is -0.754. The molecule has 1 aromatic heterocycles. The Morgan fingerprint density at radius 2 is 2.00 bits per heavy atom. The molecule has 8 nitrogen and oxygen atoms in total. The Morgan fingerprint density at radius 1 is 1.23 bits per heavy atom. The van der Waals surface area contributed by atoms with Gasteiger partial charge in [0.1, 0.15) is 11.9 Å². The fraction of sp³-hybridized carbons (Fsp3) is 0.538. The van der Waals surface area contributed by atoms with E-state index < -0.39 is 5.97 Å². The Balaban J connectivity index is 1.43. The van der Waals surface area contributed by atoms with Gasteiger partial charge >= 0.3 is 5.97 Å². The first-order valence-corrected chi connectivity index (χ1v) is 12.4. The van der Waals surface area contributed by atoms with Gasteiger partial charge in [0.15, 0.2) is 0 Å². The number of hydrogen-bond acceptors (Lipinski definition) is 7. The number of carbonyl (C=O) groups is 1. The van der Waals surface area contributed by atoms with Gasteiger partial charge in [0.2, 0.25) is 5.88 Å². The molecule has 0 aliphatic carbocycles. The van der Waals surface area contributed by atoms with Crippen LogP contribution in [0, 0.1) is 11.8 Å². The average molecular weight is 504 g/mol. The molecule has 0 amide bonds. The summed E-state index contributed by atoms with van der Waals surface area (Å²) in [6, 6.07) is 9.93. The molecular formula is C26H34ClN3O5. The molecule has 2 aliphatic heterocycles. The van der Waals surface area contributed by atoms with Crippen molar-refractivity contribution in [2.45, 2.75) is 38.3 Å². The molecule has 0 bridgehead atoms. The van der Waals surface area contributed by atoms with E-state index in [2.05, 4.69) is 21.7 Å². The highest BCUT2D eigenvalue weighted by Gasteiger charge is 2.33. The molecule has 4 atom stereocenters. The number of nitrogens with zero attached hydrogens (tertiary/aromatic N) is 3. The standard InChI is InChI=1S/C26H34ClN3O5/c1-17-10-20(11-26(31)32)30(14-17)19-4-6-21(7-5-19)35-24-8-9-29(15-18(24)16-33-2)23-12-25(34-3)28-13-22(23)27/h4-7,12-13,17-18,20,24H,8-11,14-16H2,1-3H3,(H,31,32)/t17-,18?,20-,24?/m1/s1. The molecule has 1 aromatic carbocycles. The van der Waals surface area contributed by atoms with Crippen molar-refractivity contribution in [2.75, 3.05) is 50.3 Å². The zero-order chi connectivity index (χ0) is 24.9. The van der Waals surface area contributed by atoms with Crippen LogP contribution in [0.1, 0.15) is 26.2 Å². The molecule has 0 saturated carbocycles. The van der Waals surface area contributed by atoms with Gasteiger partial charge in [-0.3, -0.25) is 4.79 Å².